The van der Waals surface area contributed by atoms with Crippen molar-refractivity contribution in [2.45, 2.75) is 49.2 Å². The molecule has 3 aromatic carbocycles. The number of carbonyl (C=O) groups is 4. The van der Waals surface area contributed by atoms with Crippen LogP contribution >= 0.6 is 0 Å². The number of carbonyl (C=O) groups excluding carboxylic acids is 4. The van der Waals surface area contributed by atoms with Crippen molar-refractivity contribution in [3.8, 4) is 5.75 Å². The van der Waals surface area contributed by atoms with Gasteiger partial charge in [0.2, 0.25) is 11.8 Å². The lowest BCUT2D eigenvalue weighted by molar-refractivity contribution is -0.160. The van der Waals surface area contributed by atoms with Crippen molar-refractivity contribution in [1.82, 2.24) is 10.2 Å². The summed E-state index contributed by atoms with van der Waals surface area (Å²) in [5.74, 6) is -3.33. The summed E-state index contributed by atoms with van der Waals surface area (Å²) in [7, 11) is 1.56. The Hall–Kier alpha value is -5.26. The maximum Gasteiger partial charge on any atom is 0.313 e. The van der Waals surface area contributed by atoms with Crippen LogP contribution in [0, 0.1) is 11.8 Å². The highest BCUT2D eigenvalue weighted by Crippen LogP contribution is 2.56. The molecule has 0 saturated carbocycles. The van der Waals surface area contributed by atoms with Gasteiger partial charge in [0, 0.05) is 18.7 Å². The van der Waals surface area contributed by atoms with Gasteiger partial charge in [-0.1, -0.05) is 85.0 Å². The Morgan fingerprint density at radius 2 is 1.67 bits per heavy atom. The van der Waals surface area contributed by atoms with Crippen molar-refractivity contribution >= 4 is 29.4 Å². The first-order valence-corrected chi connectivity index (χ1v) is 17.3. The SMILES string of the molecule is COc1ccc(N2C/C=C\CCC(=O)NC[C@@H](c3ccccc3)OC(=O)[C@@H]3[C@@H]4C=C[C@]5(O4)[C@H](C2=O)N([C@@H](CO)Cc2ccccc2)C(=O)[C@@H]35)cc1. The fourth-order valence-electron chi connectivity index (χ4n) is 7.84. The predicted octanol–water partition coefficient (Wildman–Crippen LogP) is 3.53. The summed E-state index contributed by atoms with van der Waals surface area (Å²) in [6, 6.07) is 23.6. The van der Waals surface area contributed by atoms with Crippen LogP contribution in [0.2, 0.25) is 0 Å². The van der Waals surface area contributed by atoms with Crippen LogP contribution in [-0.4, -0.2) is 84.3 Å². The van der Waals surface area contributed by atoms with E-state index in [1.807, 2.05) is 72.8 Å². The van der Waals surface area contributed by atoms with Crippen molar-refractivity contribution in [2.75, 3.05) is 31.7 Å². The maximum atomic E-state index is 15.2. The Kier molecular flexibility index (Phi) is 9.75. The molecule has 5 bridgehead atoms. The van der Waals surface area contributed by atoms with Crippen molar-refractivity contribution in [2.24, 2.45) is 11.8 Å². The van der Waals surface area contributed by atoms with Crippen LogP contribution in [0.5, 0.6) is 5.75 Å². The molecular formula is C40H41N3O8. The summed E-state index contributed by atoms with van der Waals surface area (Å²) in [6.45, 7) is -0.255. The Morgan fingerprint density at radius 3 is 2.37 bits per heavy atom. The number of fused-ring (bicyclic) bond motifs is 2. The zero-order valence-corrected chi connectivity index (χ0v) is 28.3. The van der Waals surface area contributed by atoms with E-state index in [0.717, 1.165) is 5.56 Å². The molecule has 3 amide bonds. The summed E-state index contributed by atoms with van der Waals surface area (Å²) < 4.78 is 18.1. The van der Waals surface area contributed by atoms with Gasteiger partial charge < -0.3 is 34.4 Å². The number of hydrogen-bond acceptors (Lipinski definition) is 8. The molecule has 4 aliphatic rings. The number of esters is 1. The number of anilines is 1. The van der Waals surface area contributed by atoms with Crippen molar-refractivity contribution < 1.29 is 38.5 Å². The van der Waals surface area contributed by atoms with Gasteiger partial charge in [0.15, 0.2) is 0 Å². The molecule has 3 aromatic rings. The lowest BCUT2D eigenvalue weighted by atomic mass is 9.74. The molecule has 2 saturated heterocycles. The van der Waals surface area contributed by atoms with Gasteiger partial charge in [-0.15, -0.1) is 0 Å². The van der Waals surface area contributed by atoms with E-state index >= 15 is 4.79 Å². The predicted molar refractivity (Wildman–Crippen MR) is 187 cm³/mol. The largest absolute Gasteiger partial charge is 0.497 e. The normalized spacial score (nSPS) is 29.0. The molecule has 2 fully saturated rings. The third kappa shape index (κ3) is 6.43. The van der Waals surface area contributed by atoms with E-state index in [4.69, 9.17) is 14.2 Å². The van der Waals surface area contributed by atoms with Crippen LogP contribution in [-0.2, 0) is 35.1 Å². The summed E-state index contributed by atoms with van der Waals surface area (Å²) in [5, 5.41) is 13.8. The van der Waals surface area contributed by atoms with Crippen molar-refractivity contribution in [3.63, 3.8) is 0 Å². The molecule has 4 heterocycles. The number of nitrogens with zero attached hydrogens (tertiary/aromatic N) is 2. The summed E-state index contributed by atoms with van der Waals surface area (Å²) >= 11 is 0. The maximum absolute atomic E-state index is 15.2. The number of aliphatic hydroxyl groups is 1. The smallest absolute Gasteiger partial charge is 0.313 e. The Bertz CT molecular complexity index is 1810. The highest BCUT2D eigenvalue weighted by atomic mass is 16.6. The van der Waals surface area contributed by atoms with Gasteiger partial charge >= 0.3 is 5.97 Å². The standard InChI is InChI=1S/C40H41N3O8/c1-49-30-18-16-28(17-19-30)42-22-10-4-9-15-33(45)41-24-32(27-13-7-3-8-14-27)50-39(48)34-31-20-21-40(51-31)35(34)37(46)43(36(40)38(42)47)29(25-44)23-26-11-5-2-6-12-26/h2-8,10-14,16-21,29,31-32,34-36,44H,9,15,22-25H2,1H3,(H,41,45)/b10-4-/t29-,31+,32+,34-,35-,36+,40-/m1/s1. The Balaban J connectivity index is 1.33. The fourth-order valence-corrected chi connectivity index (χ4v) is 7.84. The van der Waals surface area contributed by atoms with Crippen LogP contribution in [0.15, 0.2) is 109 Å². The molecule has 0 radical (unpaired) electrons. The zero-order chi connectivity index (χ0) is 35.5. The number of methoxy groups -OCH3 is 1. The number of ether oxygens (including phenoxy) is 3. The zero-order valence-electron chi connectivity index (χ0n) is 28.3. The third-order valence-electron chi connectivity index (χ3n) is 10.3. The number of aliphatic hydroxyl groups excluding tert-OH is 1. The van der Waals surface area contributed by atoms with E-state index in [1.54, 1.807) is 48.4 Å². The van der Waals surface area contributed by atoms with Crippen LogP contribution in [0.3, 0.4) is 0 Å². The molecule has 7 rings (SSSR count). The molecule has 11 heteroatoms. The number of hydrogen-bond donors (Lipinski definition) is 2. The first-order valence-electron chi connectivity index (χ1n) is 17.3. The van der Waals surface area contributed by atoms with Gasteiger partial charge in [0.05, 0.1) is 38.3 Å². The first-order chi connectivity index (χ1) is 24.8. The molecule has 11 nitrogen and oxygen atoms in total. The van der Waals surface area contributed by atoms with E-state index in [2.05, 4.69) is 5.32 Å². The molecule has 1 spiro atoms. The second kappa shape index (κ2) is 14.5. The van der Waals surface area contributed by atoms with E-state index < -0.39 is 66.1 Å². The average Bonchev–Trinajstić information content (AvgIpc) is 3.81. The minimum Gasteiger partial charge on any atom is -0.497 e. The molecule has 0 aromatic heterocycles. The molecule has 51 heavy (non-hydrogen) atoms. The minimum atomic E-state index is -1.49. The van der Waals surface area contributed by atoms with Gasteiger partial charge in [0.25, 0.3) is 5.91 Å². The van der Waals surface area contributed by atoms with Crippen LogP contribution in [0.1, 0.15) is 30.1 Å². The molecule has 4 aliphatic heterocycles. The highest BCUT2D eigenvalue weighted by Gasteiger charge is 2.74. The van der Waals surface area contributed by atoms with E-state index in [1.165, 1.54) is 4.90 Å². The summed E-state index contributed by atoms with van der Waals surface area (Å²) in [6.07, 6.45) is 6.37. The van der Waals surface area contributed by atoms with Gasteiger partial charge in [-0.2, -0.15) is 0 Å². The van der Waals surface area contributed by atoms with E-state index in [0.29, 0.717) is 23.4 Å². The van der Waals surface area contributed by atoms with Crippen LogP contribution < -0.4 is 15.0 Å². The Labute approximate surface area is 296 Å². The third-order valence-corrected chi connectivity index (χ3v) is 10.3. The number of amides is 3. The van der Waals surface area contributed by atoms with Crippen molar-refractivity contribution in [1.29, 1.82) is 0 Å². The van der Waals surface area contributed by atoms with Gasteiger partial charge in [-0.05, 0) is 48.2 Å². The van der Waals surface area contributed by atoms with E-state index in [-0.39, 0.29) is 31.8 Å². The number of likely N-dealkylation sites (tertiary alicyclic amines) is 1. The highest BCUT2D eigenvalue weighted by molar-refractivity contribution is 6.05. The number of rotatable bonds is 7. The van der Waals surface area contributed by atoms with Gasteiger partial charge in [-0.25, -0.2) is 0 Å². The number of nitrogens with one attached hydrogen (secondary N) is 1. The van der Waals surface area contributed by atoms with Crippen LogP contribution in [0.25, 0.3) is 0 Å². The topological polar surface area (TPSA) is 135 Å². The summed E-state index contributed by atoms with van der Waals surface area (Å²) in [5.41, 5.74) is 0.615. The first kappa shape index (κ1) is 34.2. The fraction of sp³-hybridized carbons (Fsp3) is 0.350. The quantitative estimate of drug-likeness (QED) is 0.284. The Morgan fingerprint density at radius 1 is 0.941 bits per heavy atom. The second-order valence-electron chi connectivity index (χ2n) is 13.3. The average molecular weight is 692 g/mol. The van der Waals surface area contributed by atoms with Gasteiger partial charge in [0.1, 0.15) is 29.4 Å². The summed E-state index contributed by atoms with van der Waals surface area (Å²) in [4.78, 5) is 60.2. The number of cyclic esters (lactones) is 1. The van der Waals surface area contributed by atoms with Gasteiger partial charge in [-0.3, -0.25) is 19.2 Å². The lowest BCUT2D eigenvalue weighted by Crippen LogP contribution is -2.59. The second-order valence-corrected chi connectivity index (χ2v) is 13.3. The monoisotopic (exact) mass is 691 g/mol. The van der Waals surface area contributed by atoms with Crippen molar-refractivity contribution in [3.05, 3.63) is 120 Å². The molecule has 264 valence electrons. The molecule has 7 atom stereocenters. The number of allylic oxidation sites excluding steroid dienone is 1. The molecule has 0 aliphatic carbocycles. The van der Waals surface area contributed by atoms with Crippen LogP contribution in [0.4, 0.5) is 5.69 Å². The molecule has 2 N–H and O–H groups in total. The molecular weight excluding hydrogens is 650 g/mol. The molecule has 0 unspecified atom stereocenters. The van der Waals surface area contributed by atoms with E-state index in [9.17, 15) is 19.5 Å². The number of benzene rings is 3. The lowest BCUT2D eigenvalue weighted by Gasteiger charge is -2.39. The minimum absolute atomic E-state index is 0.0400.